The molecule has 0 spiro atoms. The van der Waals surface area contributed by atoms with Crippen molar-refractivity contribution in [3.63, 3.8) is 0 Å². The number of benzene rings is 2. The summed E-state index contributed by atoms with van der Waals surface area (Å²) in [6.07, 6.45) is 0.208. The molecule has 22 heavy (non-hydrogen) atoms. The van der Waals surface area contributed by atoms with E-state index in [1.165, 1.54) is 10.5 Å². The maximum Gasteiger partial charge on any atom is 0.251 e. The molecule has 2 aromatic carbocycles. The van der Waals surface area contributed by atoms with Crippen molar-refractivity contribution in [3.8, 4) is 0 Å². The van der Waals surface area contributed by atoms with Crippen LogP contribution in [0.1, 0.15) is 17.5 Å². The fraction of sp³-hybridized carbons (Fsp3) is 0.222. The highest BCUT2D eigenvalue weighted by Crippen LogP contribution is 2.22. The zero-order chi connectivity index (χ0) is 15.5. The van der Waals surface area contributed by atoms with Crippen molar-refractivity contribution in [3.05, 3.63) is 65.7 Å². The minimum atomic E-state index is -0.450. The van der Waals surface area contributed by atoms with E-state index >= 15 is 0 Å². The first-order valence-electron chi connectivity index (χ1n) is 7.36. The van der Waals surface area contributed by atoms with Crippen LogP contribution in [-0.4, -0.2) is 17.9 Å². The SMILES string of the molecule is Cc1ccc(CN[C@@H]2CC(=O)N(c3ccccc3)C2=O)cc1. The van der Waals surface area contributed by atoms with E-state index < -0.39 is 6.04 Å². The number of nitrogens with zero attached hydrogens (tertiary/aromatic N) is 1. The molecule has 0 radical (unpaired) electrons. The topological polar surface area (TPSA) is 49.4 Å². The smallest absolute Gasteiger partial charge is 0.251 e. The summed E-state index contributed by atoms with van der Waals surface area (Å²) in [5, 5.41) is 3.19. The lowest BCUT2D eigenvalue weighted by atomic mass is 10.1. The molecule has 2 amide bonds. The summed E-state index contributed by atoms with van der Waals surface area (Å²) < 4.78 is 0. The van der Waals surface area contributed by atoms with E-state index in [0.717, 1.165) is 5.56 Å². The van der Waals surface area contributed by atoms with Crippen molar-refractivity contribution in [1.82, 2.24) is 5.32 Å². The molecule has 1 saturated heterocycles. The summed E-state index contributed by atoms with van der Waals surface area (Å²) in [5.41, 5.74) is 2.94. The van der Waals surface area contributed by atoms with Gasteiger partial charge in [-0.15, -0.1) is 0 Å². The molecule has 4 heteroatoms. The zero-order valence-corrected chi connectivity index (χ0v) is 12.5. The van der Waals surface area contributed by atoms with E-state index in [4.69, 9.17) is 0 Å². The number of amides is 2. The first-order chi connectivity index (χ1) is 10.6. The molecule has 112 valence electrons. The van der Waals surface area contributed by atoms with Crippen LogP contribution >= 0.6 is 0 Å². The molecule has 1 aliphatic rings. The molecule has 1 fully saturated rings. The second kappa shape index (κ2) is 6.12. The lowest BCUT2D eigenvalue weighted by Crippen LogP contribution is -2.38. The minimum absolute atomic E-state index is 0.155. The Morgan fingerprint density at radius 3 is 2.41 bits per heavy atom. The number of para-hydroxylation sites is 1. The summed E-state index contributed by atoms with van der Waals surface area (Å²) in [6, 6.07) is 16.7. The Kier molecular flexibility index (Phi) is 4.02. The highest BCUT2D eigenvalue weighted by atomic mass is 16.2. The quantitative estimate of drug-likeness (QED) is 0.881. The first-order valence-corrected chi connectivity index (χ1v) is 7.36. The van der Waals surface area contributed by atoms with Crippen LogP contribution < -0.4 is 10.2 Å². The summed E-state index contributed by atoms with van der Waals surface area (Å²) in [4.78, 5) is 25.8. The van der Waals surface area contributed by atoms with Crippen molar-refractivity contribution < 1.29 is 9.59 Å². The highest BCUT2D eigenvalue weighted by Gasteiger charge is 2.39. The highest BCUT2D eigenvalue weighted by molar-refractivity contribution is 6.22. The predicted molar refractivity (Wildman–Crippen MR) is 85.4 cm³/mol. The number of anilines is 1. The zero-order valence-electron chi connectivity index (χ0n) is 12.5. The molecule has 0 saturated carbocycles. The molecular weight excluding hydrogens is 276 g/mol. The van der Waals surface area contributed by atoms with Crippen LogP contribution in [0.4, 0.5) is 5.69 Å². The Bertz CT molecular complexity index is 680. The van der Waals surface area contributed by atoms with Crippen LogP contribution in [0.25, 0.3) is 0 Å². The number of hydrogen-bond donors (Lipinski definition) is 1. The van der Waals surface area contributed by atoms with Crippen molar-refractivity contribution >= 4 is 17.5 Å². The Hall–Kier alpha value is -2.46. The lowest BCUT2D eigenvalue weighted by Gasteiger charge is -2.15. The Morgan fingerprint density at radius 2 is 1.73 bits per heavy atom. The van der Waals surface area contributed by atoms with Gasteiger partial charge in [-0.25, -0.2) is 4.90 Å². The van der Waals surface area contributed by atoms with Gasteiger partial charge in [0.25, 0.3) is 5.91 Å². The molecule has 0 unspecified atom stereocenters. The predicted octanol–water partition coefficient (Wildman–Crippen LogP) is 2.42. The van der Waals surface area contributed by atoms with E-state index in [2.05, 4.69) is 5.32 Å². The molecule has 1 heterocycles. The van der Waals surface area contributed by atoms with Crippen LogP contribution in [0.15, 0.2) is 54.6 Å². The summed E-state index contributed by atoms with van der Waals surface area (Å²) in [7, 11) is 0. The van der Waals surface area contributed by atoms with Gasteiger partial charge in [-0.3, -0.25) is 9.59 Å². The average molecular weight is 294 g/mol. The van der Waals surface area contributed by atoms with Crippen LogP contribution in [0, 0.1) is 6.92 Å². The number of rotatable bonds is 4. The number of imide groups is 1. The van der Waals surface area contributed by atoms with E-state index in [0.29, 0.717) is 12.2 Å². The molecule has 1 N–H and O–H groups in total. The van der Waals surface area contributed by atoms with Gasteiger partial charge in [-0.05, 0) is 24.6 Å². The maximum absolute atomic E-state index is 12.4. The molecule has 0 bridgehead atoms. The number of carbonyl (C=O) groups excluding carboxylic acids is 2. The fourth-order valence-corrected chi connectivity index (χ4v) is 2.59. The van der Waals surface area contributed by atoms with Gasteiger partial charge in [0.15, 0.2) is 0 Å². The van der Waals surface area contributed by atoms with Gasteiger partial charge in [-0.1, -0.05) is 48.0 Å². The molecule has 1 atom stereocenters. The Balaban J connectivity index is 1.68. The van der Waals surface area contributed by atoms with Crippen molar-refractivity contribution in [2.75, 3.05) is 4.90 Å². The second-order valence-corrected chi connectivity index (χ2v) is 5.53. The standard InChI is InChI=1S/C18H18N2O2/c1-13-7-9-14(10-8-13)12-19-16-11-17(21)20(18(16)22)15-5-3-2-4-6-15/h2-10,16,19H,11-12H2,1H3/t16-/m1/s1. The largest absolute Gasteiger partial charge is 0.301 e. The first kappa shape index (κ1) is 14.5. The number of aryl methyl sites for hydroxylation is 1. The lowest BCUT2D eigenvalue weighted by molar-refractivity contribution is -0.121. The second-order valence-electron chi connectivity index (χ2n) is 5.53. The Labute approximate surface area is 129 Å². The summed E-state index contributed by atoms with van der Waals surface area (Å²) in [6.45, 7) is 2.61. The molecule has 0 aliphatic carbocycles. The molecular formula is C18H18N2O2. The van der Waals surface area contributed by atoms with Crippen molar-refractivity contribution in [1.29, 1.82) is 0 Å². The van der Waals surface area contributed by atoms with Gasteiger partial charge < -0.3 is 5.32 Å². The van der Waals surface area contributed by atoms with Crippen LogP contribution in [-0.2, 0) is 16.1 Å². The van der Waals surface area contributed by atoms with E-state index in [-0.39, 0.29) is 18.2 Å². The third-order valence-electron chi connectivity index (χ3n) is 3.83. The third kappa shape index (κ3) is 2.92. The van der Waals surface area contributed by atoms with Crippen LogP contribution in [0.2, 0.25) is 0 Å². The fourth-order valence-electron chi connectivity index (χ4n) is 2.59. The summed E-state index contributed by atoms with van der Waals surface area (Å²) in [5.74, 6) is -0.332. The maximum atomic E-state index is 12.4. The molecule has 4 nitrogen and oxygen atoms in total. The molecule has 2 aromatic rings. The monoisotopic (exact) mass is 294 g/mol. The van der Waals surface area contributed by atoms with Gasteiger partial charge in [0.2, 0.25) is 5.91 Å². The minimum Gasteiger partial charge on any atom is -0.301 e. The number of nitrogens with one attached hydrogen (secondary N) is 1. The summed E-state index contributed by atoms with van der Waals surface area (Å²) >= 11 is 0. The van der Waals surface area contributed by atoms with Gasteiger partial charge >= 0.3 is 0 Å². The molecule has 3 rings (SSSR count). The van der Waals surface area contributed by atoms with E-state index in [9.17, 15) is 9.59 Å². The van der Waals surface area contributed by atoms with Gasteiger partial charge in [0.1, 0.15) is 0 Å². The number of carbonyl (C=O) groups is 2. The molecule has 0 aromatic heterocycles. The van der Waals surface area contributed by atoms with Gasteiger partial charge in [0, 0.05) is 6.54 Å². The molecule has 1 aliphatic heterocycles. The average Bonchev–Trinajstić information content (AvgIpc) is 2.82. The number of hydrogen-bond acceptors (Lipinski definition) is 3. The van der Waals surface area contributed by atoms with Gasteiger partial charge in [0.05, 0.1) is 18.2 Å². The van der Waals surface area contributed by atoms with Crippen molar-refractivity contribution in [2.45, 2.75) is 25.9 Å². The van der Waals surface area contributed by atoms with Crippen LogP contribution in [0.3, 0.4) is 0 Å². The normalized spacial score (nSPS) is 18.0. The third-order valence-corrected chi connectivity index (χ3v) is 3.83. The van der Waals surface area contributed by atoms with E-state index in [1.54, 1.807) is 12.1 Å². The van der Waals surface area contributed by atoms with E-state index in [1.807, 2.05) is 49.4 Å². The van der Waals surface area contributed by atoms with Crippen molar-refractivity contribution in [2.24, 2.45) is 0 Å². The van der Waals surface area contributed by atoms with Crippen LogP contribution in [0.5, 0.6) is 0 Å². The Morgan fingerprint density at radius 1 is 1.05 bits per heavy atom. The van der Waals surface area contributed by atoms with Gasteiger partial charge in [-0.2, -0.15) is 0 Å².